The van der Waals surface area contributed by atoms with Crippen LogP contribution in [0.1, 0.15) is 31.2 Å². The lowest BCUT2D eigenvalue weighted by Gasteiger charge is -2.35. The molecular weight excluding hydrogens is 246 g/mol. The molecule has 2 aromatic rings. The van der Waals surface area contributed by atoms with Crippen molar-refractivity contribution in [2.45, 2.75) is 38.3 Å². The molecule has 1 fully saturated rings. The summed E-state index contributed by atoms with van der Waals surface area (Å²) >= 11 is 0. The minimum Gasteiger partial charge on any atom is -0.350 e. The number of rotatable bonds is 4. The van der Waals surface area contributed by atoms with E-state index in [1.165, 1.54) is 42.3 Å². The highest BCUT2D eigenvalue weighted by Gasteiger charge is 2.22. The predicted molar refractivity (Wildman–Crippen MR) is 84.6 cm³/mol. The molecule has 2 N–H and O–H groups in total. The van der Waals surface area contributed by atoms with Crippen LogP contribution in [-0.2, 0) is 13.6 Å². The van der Waals surface area contributed by atoms with Crippen LogP contribution in [0.25, 0.3) is 10.9 Å². The van der Waals surface area contributed by atoms with Gasteiger partial charge in [-0.1, -0.05) is 24.6 Å². The molecule has 0 bridgehead atoms. The topological polar surface area (TPSA) is 34.2 Å². The molecule has 0 saturated carbocycles. The molecule has 108 valence electrons. The smallest absolute Gasteiger partial charge is 0.0481 e. The van der Waals surface area contributed by atoms with Crippen LogP contribution in [0.4, 0.5) is 0 Å². The summed E-state index contributed by atoms with van der Waals surface area (Å²) in [5.41, 5.74) is 8.56. The zero-order chi connectivity index (χ0) is 13.9. The second kappa shape index (κ2) is 5.98. The van der Waals surface area contributed by atoms with Crippen molar-refractivity contribution in [3.63, 3.8) is 0 Å². The average Bonchev–Trinajstić information content (AvgIpc) is 2.79. The minimum absolute atomic E-state index is 0.674. The number of para-hydroxylation sites is 1. The SMILES string of the molecule is Cn1cc(CN2CCCCC2CCN)c2ccccc21. The Bertz CT molecular complexity index is 571. The fraction of sp³-hybridized carbons (Fsp3) is 0.529. The Morgan fingerprint density at radius 3 is 2.95 bits per heavy atom. The van der Waals surface area contributed by atoms with Crippen molar-refractivity contribution in [3.05, 3.63) is 36.0 Å². The minimum atomic E-state index is 0.674. The van der Waals surface area contributed by atoms with Crippen LogP contribution in [0.5, 0.6) is 0 Å². The second-order valence-electron chi connectivity index (χ2n) is 5.98. The standard InChI is InChI=1S/C17H25N3/c1-19-12-14(16-7-2-3-8-17(16)19)13-20-11-5-4-6-15(20)9-10-18/h2-3,7-8,12,15H,4-6,9-11,13,18H2,1H3. The molecule has 1 aliphatic rings. The number of aryl methyl sites for hydroxylation is 1. The van der Waals surface area contributed by atoms with Gasteiger partial charge in [0.25, 0.3) is 0 Å². The summed E-state index contributed by atoms with van der Waals surface area (Å²) < 4.78 is 2.24. The molecular formula is C17H25N3. The summed E-state index contributed by atoms with van der Waals surface area (Å²) in [6, 6.07) is 9.37. The van der Waals surface area contributed by atoms with Crippen LogP contribution in [0.15, 0.2) is 30.5 Å². The number of aromatic nitrogens is 1. The maximum absolute atomic E-state index is 5.78. The van der Waals surface area contributed by atoms with Gasteiger partial charge < -0.3 is 10.3 Å². The highest BCUT2D eigenvalue weighted by atomic mass is 15.2. The predicted octanol–water partition coefficient (Wildman–Crippen LogP) is 2.88. The van der Waals surface area contributed by atoms with Crippen LogP contribution in [0, 0.1) is 0 Å². The van der Waals surface area contributed by atoms with Gasteiger partial charge in [0.1, 0.15) is 0 Å². The van der Waals surface area contributed by atoms with Gasteiger partial charge in [0, 0.05) is 36.7 Å². The van der Waals surface area contributed by atoms with Crippen molar-refractivity contribution in [2.24, 2.45) is 12.8 Å². The van der Waals surface area contributed by atoms with E-state index in [0.29, 0.717) is 6.04 Å². The van der Waals surface area contributed by atoms with E-state index in [1.54, 1.807) is 0 Å². The van der Waals surface area contributed by atoms with Gasteiger partial charge in [0.05, 0.1) is 0 Å². The third-order valence-corrected chi connectivity index (χ3v) is 4.60. The molecule has 0 aliphatic carbocycles. The number of likely N-dealkylation sites (tertiary alicyclic amines) is 1. The number of nitrogens with zero attached hydrogens (tertiary/aromatic N) is 2. The Morgan fingerprint density at radius 1 is 1.25 bits per heavy atom. The first-order valence-electron chi connectivity index (χ1n) is 7.76. The lowest BCUT2D eigenvalue weighted by molar-refractivity contribution is 0.134. The molecule has 3 nitrogen and oxygen atoms in total. The van der Waals surface area contributed by atoms with E-state index in [0.717, 1.165) is 19.5 Å². The van der Waals surface area contributed by atoms with Crippen LogP contribution in [-0.4, -0.2) is 28.6 Å². The van der Waals surface area contributed by atoms with Crippen molar-refractivity contribution in [3.8, 4) is 0 Å². The first kappa shape index (κ1) is 13.7. The maximum Gasteiger partial charge on any atom is 0.0481 e. The van der Waals surface area contributed by atoms with Gasteiger partial charge in [0.15, 0.2) is 0 Å². The van der Waals surface area contributed by atoms with Crippen LogP contribution >= 0.6 is 0 Å². The molecule has 20 heavy (non-hydrogen) atoms. The number of hydrogen-bond donors (Lipinski definition) is 1. The number of piperidine rings is 1. The van der Waals surface area contributed by atoms with Gasteiger partial charge >= 0.3 is 0 Å². The number of nitrogens with two attached hydrogens (primary N) is 1. The van der Waals surface area contributed by atoms with Gasteiger partial charge in [-0.2, -0.15) is 0 Å². The quantitative estimate of drug-likeness (QED) is 0.928. The number of fused-ring (bicyclic) bond motifs is 1. The molecule has 1 saturated heterocycles. The maximum atomic E-state index is 5.78. The van der Waals surface area contributed by atoms with Crippen LogP contribution in [0.2, 0.25) is 0 Å². The Labute approximate surface area is 121 Å². The largest absolute Gasteiger partial charge is 0.350 e. The number of hydrogen-bond acceptors (Lipinski definition) is 2. The summed E-state index contributed by atoms with van der Waals surface area (Å²) in [7, 11) is 2.14. The summed E-state index contributed by atoms with van der Waals surface area (Å²) in [5.74, 6) is 0. The molecule has 0 spiro atoms. The van der Waals surface area contributed by atoms with Gasteiger partial charge in [-0.3, -0.25) is 4.90 Å². The third kappa shape index (κ3) is 2.60. The Kier molecular flexibility index (Phi) is 4.08. The molecule has 3 rings (SSSR count). The van der Waals surface area contributed by atoms with E-state index in [-0.39, 0.29) is 0 Å². The van der Waals surface area contributed by atoms with Crippen molar-refractivity contribution in [2.75, 3.05) is 13.1 Å². The van der Waals surface area contributed by atoms with E-state index < -0.39 is 0 Å². The van der Waals surface area contributed by atoms with E-state index in [1.807, 2.05) is 0 Å². The molecule has 0 amide bonds. The van der Waals surface area contributed by atoms with Gasteiger partial charge in [-0.15, -0.1) is 0 Å². The molecule has 2 heterocycles. The Hall–Kier alpha value is -1.32. The van der Waals surface area contributed by atoms with Crippen LogP contribution < -0.4 is 5.73 Å². The molecule has 3 heteroatoms. The first-order chi connectivity index (χ1) is 9.79. The molecule has 1 aliphatic heterocycles. The van der Waals surface area contributed by atoms with Gasteiger partial charge in [-0.05, 0) is 44.0 Å². The van der Waals surface area contributed by atoms with Crippen molar-refractivity contribution in [1.29, 1.82) is 0 Å². The van der Waals surface area contributed by atoms with Gasteiger partial charge in [-0.25, -0.2) is 0 Å². The summed E-state index contributed by atoms with van der Waals surface area (Å²) in [6.45, 7) is 3.08. The first-order valence-corrected chi connectivity index (χ1v) is 7.76. The van der Waals surface area contributed by atoms with Crippen molar-refractivity contribution in [1.82, 2.24) is 9.47 Å². The molecule has 1 unspecified atom stereocenters. The van der Waals surface area contributed by atoms with E-state index >= 15 is 0 Å². The third-order valence-electron chi connectivity index (χ3n) is 4.60. The number of benzene rings is 1. The van der Waals surface area contributed by atoms with E-state index in [9.17, 15) is 0 Å². The molecule has 1 aromatic carbocycles. The molecule has 1 aromatic heterocycles. The Morgan fingerprint density at radius 2 is 2.10 bits per heavy atom. The zero-order valence-electron chi connectivity index (χ0n) is 12.4. The summed E-state index contributed by atoms with van der Waals surface area (Å²) in [6.07, 6.45) is 7.41. The van der Waals surface area contributed by atoms with E-state index in [4.69, 9.17) is 5.73 Å². The van der Waals surface area contributed by atoms with Crippen molar-refractivity contribution >= 4 is 10.9 Å². The normalized spacial score (nSPS) is 20.6. The fourth-order valence-electron chi connectivity index (χ4n) is 3.56. The average molecular weight is 271 g/mol. The monoisotopic (exact) mass is 271 g/mol. The van der Waals surface area contributed by atoms with Crippen LogP contribution in [0.3, 0.4) is 0 Å². The zero-order valence-corrected chi connectivity index (χ0v) is 12.4. The van der Waals surface area contributed by atoms with E-state index in [2.05, 4.69) is 47.0 Å². The van der Waals surface area contributed by atoms with Crippen molar-refractivity contribution < 1.29 is 0 Å². The highest BCUT2D eigenvalue weighted by Crippen LogP contribution is 2.26. The summed E-state index contributed by atoms with van der Waals surface area (Å²) in [5, 5.41) is 1.40. The van der Waals surface area contributed by atoms with Gasteiger partial charge in [0.2, 0.25) is 0 Å². The highest BCUT2D eigenvalue weighted by molar-refractivity contribution is 5.83. The molecule has 0 radical (unpaired) electrons. The summed E-state index contributed by atoms with van der Waals surface area (Å²) in [4.78, 5) is 2.64. The fourth-order valence-corrected chi connectivity index (χ4v) is 3.56. The lowest BCUT2D eigenvalue weighted by atomic mass is 9.98. The molecule has 1 atom stereocenters. The second-order valence-corrected chi connectivity index (χ2v) is 5.98. The lowest BCUT2D eigenvalue weighted by Crippen LogP contribution is -2.40. The Balaban J connectivity index is 1.84.